The van der Waals surface area contributed by atoms with Crippen molar-refractivity contribution in [2.45, 2.75) is 321 Å². The molecule has 4 aromatic rings. The van der Waals surface area contributed by atoms with Crippen LogP contribution < -0.4 is 21.3 Å². The number of likely N-dealkylation sites (N-methyl/N-ethyl adjacent to an activating group) is 1. The van der Waals surface area contributed by atoms with Crippen molar-refractivity contribution in [3.05, 3.63) is 144 Å². The van der Waals surface area contributed by atoms with Crippen molar-refractivity contribution in [1.29, 1.82) is 0 Å². The van der Waals surface area contributed by atoms with E-state index < -0.39 is 0 Å². The van der Waals surface area contributed by atoms with Gasteiger partial charge in [-0.25, -0.2) is 19.2 Å². The number of nitrogens with one attached hydrogen (secondary N) is 4. The van der Waals surface area contributed by atoms with E-state index in [1.54, 1.807) is 4.90 Å². The number of hydrogen-bond donors (Lipinski definition) is 4. The fraction of sp³-hybridized carbons (Fsp3) is 0.724. The average molecular weight is 1740 g/mol. The van der Waals surface area contributed by atoms with Crippen molar-refractivity contribution in [3.8, 4) is 0 Å². The summed E-state index contributed by atoms with van der Waals surface area (Å²) in [5.74, 6) is 4.80. The first-order chi connectivity index (χ1) is 58.1. The predicted octanol–water partition coefficient (Wildman–Crippen LogP) is 19.6. The second kappa shape index (κ2) is 51.0. The molecule has 0 aromatic heterocycles. The van der Waals surface area contributed by atoms with Crippen molar-refractivity contribution in [1.82, 2.24) is 70.3 Å². The Labute approximate surface area is 763 Å². The fourth-order valence-corrected chi connectivity index (χ4v) is 16.9. The van der Waals surface area contributed by atoms with Crippen LogP contribution in [0.15, 0.2) is 121 Å². The molecule has 4 aromatic carbocycles. The lowest BCUT2D eigenvalue weighted by Crippen LogP contribution is -2.57. The van der Waals surface area contributed by atoms with Crippen molar-refractivity contribution in [2.24, 2.45) is 35.5 Å². The molecule has 8 aliphatic rings. The van der Waals surface area contributed by atoms with Gasteiger partial charge in [-0.1, -0.05) is 142 Å². The molecule has 5 atom stereocenters. The highest BCUT2D eigenvalue weighted by Crippen LogP contribution is 2.32. The summed E-state index contributed by atoms with van der Waals surface area (Å²) in [5, 5.41) is 12.0. The molecule has 20 heteroatoms. The van der Waals surface area contributed by atoms with Gasteiger partial charge in [-0.15, -0.1) is 0 Å². The molecule has 8 aliphatic heterocycles. The largest absolute Gasteiger partial charge is 0.378 e. The summed E-state index contributed by atoms with van der Waals surface area (Å²) in [5.41, 5.74) is 6.14. The Morgan fingerprint density at radius 1 is 0.344 bits per heavy atom. The number of urea groups is 4. The zero-order valence-electron chi connectivity index (χ0n) is 84.6. The first-order valence-electron chi connectivity index (χ1n) is 48.2. The molecule has 9 amide bonds. The quantitative estimate of drug-likeness (QED) is 0.126. The number of piperidine rings is 3. The highest BCUT2D eigenvalue weighted by Gasteiger charge is 2.38. The number of carbonyl (C=O) groups is 5. The molecule has 0 saturated carbocycles. The molecule has 4 N–H and O–H groups in total. The van der Waals surface area contributed by atoms with Crippen LogP contribution in [0, 0.1) is 35.5 Å². The van der Waals surface area contributed by atoms with E-state index in [1.807, 2.05) is 115 Å². The lowest BCUT2D eigenvalue weighted by Gasteiger charge is -2.43. The molecular formula is C105H182N14O6. The number of ether oxygens (including phenoxy) is 1. The van der Waals surface area contributed by atoms with Gasteiger partial charge in [0.15, 0.2) is 0 Å². The number of amides is 9. The van der Waals surface area contributed by atoms with E-state index in [9.17, 15) is 24.0 Å². The van der Waals surface area contributed by atoms with Crippen LogP contribution in [0.2, 0.25) is 0 Å². The van der Waals surface area contributed by atoms with Crippen molar-refractivity contribution < 1.29 is 28.7 Å². The molecule has 0 radical (unpaired) electrons. The summed E-state index contributed by atoms with van der Waals surface area (Å²) >= 11 is 0. The Bertz CT molecular complexity index is 3600. The monoisotopic (exact) mass is 1740 g/mol. The number of morpholine rings is 1. The Morgan fingerprint density at radius 3 is 1.02 bits per heavy atom. The zero-order valence-corrected chi connectivity index (χ0v) is 84.6. The number of carbonyl (C=O) groups excluding carboxylic acids is 5. The van der Waals surface area contributed by atoms with Crippen LogP contribution >= 0.6 is 0 Å². The molecule has 8 fully saturated rings. The first kappa shape index (κ1) is 109. The van der Waals surface area contributed by atoms with Crippen molar-refractivity contribution >= 4 is 30.0 Å². The lowest BCUT2D eigenvalue weighted by atomic mass is 9.86. The number of hydrogen-bond acceptors (Lipinski definition) is 11. The van der Waals surface area contributed by atoms with Crippen molar-refractivity contribution in [3.63, 3.8) is 0 Å². The van der Waals surface area contributed by atoms with Crippen molar-refractivity contribution in [2.75, 3.05) is 138 Å². The maximum absolute atomic E-state index is 12.2. The van der Waals surface area contributed by atoms with Gasteiger partial charge in [0.25, 0.3) is 0 Å². The minimum atomic E-state index is -0.179. The van der Waals surface area contributed by atoms with Gasteiger partial charge in [-0.3, -0.25) is 24.4 Å². The summed E-state index contributed by atoms with van der Waals surface area (Å²) in [7, 11) is 2.08. The Balaban J connectivity index is 0.000000255. The maximum Gasteiger partial charge on any atom is 0.317 e. The average Bonchev–Trinajstić information content (AvgIpc) is 1.77. The predicted molar refractivity (Wildman–Crippen MR) is 525 cm³/mol. The van der Waals surface area contributed by atoms with Gasteiger partial charge in [0, 0.05) is 148 Å². The molecule has 0 aliphatic carbocycles. The van der Waals surface area contributed by atoms with Crippen LogP contribution in [0.4, 0.5) is 19.2 Å². The number of likely N-dealkylation sites (tertiary alicyclic amines) is 5. The number of benzene rings is 4. The molecule has 12 rings (SSSR count). The Hall–Kier alpha value is -6.81. The van der Waals surface area contributed by atoms with E-state index in [1.165, 1.54) is 106 Å². The molecule has 708 valence electrons. The molecular weight excluding hydrogens is 1550 g/mol. The molecule has 0 bridgehead atoms. The summed E-state index contributed by atoms with van der Waals surface area (Å²) in [4.78, 5) is 81.4. The highest BCUT2D eigenvalue weighted by molar-refractivity contribution is 5.81. The second-order valence-corrected chi connectivity index (χ2v) is 45.1. The van der Waals surface area contributed by atoms with Crippen LogP contribution in [0.5, 0.6) is 0 Å². The van der Waals surface area contributed by atoms with Crippen LogP contribution in [0.25, 0.3) is 0 Å². The van der Waals surface area contributed by atoms with E-state index in [-0.39, 0.29) is 51.8 Å². The van der Waals surface area contributed by atoms with E-state index in [0.717, 1.165) is 121 Å². The summed E-state index contributed by atoms with van der Waals surface area (Å²) in [6.45, 7) is 80.3. The Morgan fingerprint density at radius 2 is 0.680 bits per heavy atom. The van der Waals surface area contributed by atoms with E-state index >= 15 is 0 Å². The molecule has 20 nitrogen and oxygen atoms in total. The van der Waals surface area contributed by atoms with Gasteiger partial charge in [-0.05, 0) is 335 Å². The highest BCUT2D eigenvalue weighted by atomic mass is 16.5. The number of piperazine rings is 2. The molecule has 8 heterocycles. The number of rotatable bonds is 9. The van der Waals surface area contributed by atoms with Gasteiger partial charge < -0.3 is 55.4 Å². The van der Waals surface area contributed by atoms with Crippen LogP contribution in [0.1, 0.15) is 267 Å². The van der Waals surface area contributed by atoms with E-state index in [2.05, 4.69) is 273 Å². The maximum atomic E-state index is 12.2. The van der Waals surface area contributed by atoms with Gasteiger partial charge in [-0.2, -0.15) is 0 Å². The standard InChI is InChI=1S/C17H27N3O.C16H24N2O.2C16H25N.C11H23N.C10H21N3O.C10H19NO.C9H18N2O2/c1-14-12-20(16(21)18-17(2,3)4)11-10-19(14)13-15-8-6-5-7-9-15;1-16(2,3)17-15(19)18-10-9-14(12-18)11-13-7-5-4-6-8-13;2*1-16(2,3)17-11-9-15(10-12-17)13-14-7-5-4-6-8-14;1-9-6-7-12(8-10(9)2)11(3,4)5;1-10(2,3)11-9(14)13-7-5-12(4)6-8-13;1-5-8-6-7-11(9(8)12)10(2,3)4;1-9(2,3)10-8(12)11-4-6-13-7-5-11/h5-9,14H,10-13H2,1-4H3,(H,18,21);4-8,14H,9-12H2,1-3H3,(H,17,19);2*4-8,15H,9-13H2,1-3H3;9-10H,6-8H2,1-5H3;5-8H2,1-4H3,(H,11,14);8H,5-7H2,1-4H3;4-7H2,1-3H3,(H,10,12). The van der Waals surface area contributed by atoms with E-state index in [4.69, 9.17) is 4.74 Å². The first-order valence-corrected chi connectivity index (χ1v) is 48.2. The summed E-state index contributed by atoms with van der Waals surface area (Å²) in [6, 6.07) is 43.5. The number of nitrogens with zero attached hydrogens (tertiary/aromatic N) is 10. The minimum absolute atomic E-state index is 0.0100. The molecule has 8 saturated heterocycles. The smallest absolute Gasteiger partial charge is 0.317 e. The van der Waals surface area contributed by atoms with Crippen LogP contribution in [-0.4, -0.2) is 267 Å². The third kappa shape index (κ3) is 43.4. The molecule has 125 heavy (non-hydrogen) atoms. The van der Waals surface area contributed by atoms with Gasteiger partial charge >= 0.3 is 24.1 Å². The van der Waals surface area contributed by atoms with Crippen LogP contribution in [-0.2, 0) is 35.3 Å². The van der Waals surface area contributed by atoms with Gasteiger partial charge in [0.05, 0.1) is 13.2 Å². The fourth-order valence-electron chi connectivity index (χ4n) is 16.9. The van der Waals surface area contributed by atoms with Gasteiger partial charge in [0.1, 0.15) is 0 Å². The third-order valence-corrected chi connectivity index (χ3v) is 25.0. The Kier molecular flexibility index (Phi) is 44.3. The topological polar surface area (TPSA) is 175 Å². The second-order valence-electron chi connectivity index (χ2n) is 45.1. The summed E-state index contributed by atoms with van der Waals surface area (Å²) < 4.78 is 5.16. The summed E-state index contributed by atoms with van der Waals surface area (Å²) in [6.07, 6.45) is 13.5. The third-order valence-electron chi connectivity index (χ3n) is 25.0. The zero-order chi connectivity index (χ0) is 93.3. The van der Waals surface area contributed by atoms with Gasteiger partial charge in [0.2, 0.25) is 5.91 Å². The minimum Gasteiger partial charge on any atom is -0.378 e. The molecule has 0 spiro atoms. The lowest BCUT2D eigenvalue weighted by molar-refractivity contribution is -0.134. The van der Waals surface area contributed by atoms with Crippen LogP contribution in [0.3, 0.4) is 0 Å². The van der Waals surface area contributed by atoms with E-state index in [0.29, 0.717) is 66.7 Å². The SMILES string of the molecule is CC(C)(C)N1CCC(Cc2ccccc2)CC1.CC(C)(C)N1CCC(Cc2ccccc2)CC1.CC(C)(C)NC(=O)N1CCC(Cc2ccccc2)C1.CC(C)(C)NC(=O)N1CCOCC1.CC1CCN(C(C)(C)C)CC1C.CC1CN(C(=O)NC(C)(C)C)CCN1Cc1ccccc1.CCC1CCN(C(C)(C)C)C1=O.CN1CCN(C(=O)NC(C)(C)C)CC1. The normalized spacial score (nSPS) is 21.5. The molecule has 5 unspecified atom stereocenters.